The molecule has 100 valence electrons. The average Bonchev–Trinajstić information content (AvgIpc) is 2.06. The van der Waals surface area contributed by atoms with E-state index < -0.39 is 0 Å². The molecule has 3 N–H and O–H groups in total. The summed E-state index contributed by atoms with van der Waals surface area (Å²) < 4.78 is 0. The zero-order valence-electron chi connectivity index (χ0n) is 11.8. The van der Waals surface area contributed by atoms with Gasteiger partial charge in [-0.05, 0) is 36.5 Å². The van der Waals surface area contributed by atoms with Gasteiger partial charge in [0.25, 0.3) is 0 Å². The van der Waals surface area contributed by atoms with E-state index in [0.29, 0.717) is 29.7 Å². The molecule has 1 unspecified atom stereocenters. The maximum atomic E-state index is 11.7. The lowest BCUT2D eigenvalue weighted by Crippen LogP contribution is -2.42. The van der Waals surface area contributed by atoms with Crippen LogP contribution in [0.2, 0.25) is 0 Å². The molecular formula is C14H28N2O. The van der Waals surface area contributed by atoms with Gasteiger partial charge in [0, 0.05) is 19.0 Å². The van der Waals surface area contributed by atoms with Crippen molar-refractivity contribution in [1.82, 2.24) is 5.32 Å². The van der Waals surface area contributed by atoms with Crippen LogP contribution in [0.15, 0.2) is 0 Å². The van der Waals surface area contributed by atoms with Crippen LogP contribution in [0, 0.1) is 17.3 Å². The van der Waals surface area contributed by atoms with Gasteiger partial charge in [0.15, 0.2) is 0 Å². The number of rotatable bonds is 5. The molecule has 0 radical (unpaired) electrons. The molecule has 1 atom stereocenters. The van der Waals surface area contributed by atoms with Crippen molar-refractivity contribution in [2.75, 3.05) is 6.54 Å². The average molecular weight is 240 g/mol. The van der Waals surface area contributed by atoms with Crippen LogP contribution in [0.25, 0.3) is 0 Å². The van der Waals surface area contributed by atoms with E-state index in [1.165, 1.54) is 0 Å². The van der Waals surface area contributed by atoms with Crippen molar-refractivity contribution in [2.45, 2.75) is 59.4 Å². The van der Waals surface area contributed by atoms with E-state index in [0.717, 1.165) is 25.8 Å². The molecule has 0 aromatic carbocycles. The molecule has 1 saturated carbocycles. The predicted molar refractivity (Wildman–Crippen MR) is 71.6 cm³/mol. The number of amides is 1. The first-order chi connectivity index (χ1) is 7.76. The Bertz CT molecular complexity index is 251. The lowest BCUT2D eigenvalue weighted by Gasteiger charge is -2.32. The first kappa shape index (κ1) is 14.5. The van der Waals surface area contributed by atoms with Crippen molar-refractivity contribution in [2.24, 2.45) is 23.0 Å². The number of nitrogens with one attached hydrogen (secondary N) is 1. The Kier molecular flexibility index (Phi) is 4.99. The van der Waals surface area contributed by atoms with Crippen molar-refractivity contribution in [1.29, 1.82) is 0 Å². The molecule has 0 aromatic heterocycles. The minimum atomic E-state index is 0.197. The van der Waals surface area contributed by atoms with Crippen LogP contribution in [-0.2, 0) is 4.79 Å². The lowest BCUT2D eigenvalue weighted by atomic mass is 9.81. The molecule has 3 heteroatoms. The quantitative estimate of drug-likeness (QED) is 0.774. The lowest BCUT2D eigenvalue weighted by molar-refractivity contribution is -0.122. The smallest absolute Gasteiger partial charge is 0.220 e. The van der Waals surface area contributed by atoms with Gasteiger partial charge in [0.05, 0.1) is 0 Å². The maximum absolute atomic E-state index is 11.7. The van der Waals surface area contributed by atoms with Gasteiger partial charge < -0.3 is 11.1 Å². The van der Waals surface area contributed by atoms with E-state index >= 15 is 0 Å². The van der Waals surface area contributed by atoms with Gasteiger partial charge in [-0.15, -0.1) is 0 Å². The Hall–Kier alpha value is -0.570. The van der Waals surface area contributed by atoms with Gasteiger partial charge in [0.2, 0.25) is 5.91 Å². The molecule has 1 rings (SSSR count). The summed E-state index contributed by atoms with van der Waals surface area (Å²) in [5.41, 5.74) is 6.02. The zero-order valence-corrected chi connectivity index (χ0v) is 11.8. The molecule has 1 amide bonds. The Morgan fingerprint density at radius 3 is 2.47 bits per heavy atom. The largest absolute Gasteiger partial charge is 0.356 e. The van der Waals surface area contributed by atoms with Crippen LogP contribution in [-0.4, -0.2) is 18.5 Å². The summed E-state index contributed by atoms with van der Waals surface area (Å²) in [4.78, 5) is 11.7. The van der Waals surface area contributed by atoms with Crippen molar-refractivity contribution in [3.63, 3.8) is 0 Å². The Balaban J connectivity index is 2.12. The van der Waals surface area contributed by atoms with Gasteiger partial charge in [-0.1, -0.05) is 27.7 Å². The number of carbonyl (C=O) groups excluding carboxylic acids is 1. The van der Waals surface area contributed by atoms with E-state index in [-0.39, 0.29) is 5.91 Å². The predicted octanol–water partition coefficient (Wildman–Crippen LogP) is 2.30. The third-order valence-electron chi connectivity index (χ3n) is 3.35. The molecule has 0 aliphatic heterocycles. The molecule has 17 heavy (non-hydrogen) atoms. The summed E-state index contributed by atoms with van der Waals surface area (Å²) in [6.45, 7) is 9.63. The van der Waals surface area contributed by atoms with Crippen molar-refractivity contribution in [3.05, 3.63) is 0 Å². The number of hydrogen-bond acceptors (Lipinski definition) is 2. The van der Waals surface area contributed by atoms with Gasteiger partial charge in [-0.25, -0.2) is 0 Å². The highest BCUT2D eigenvalue weighted by Crippen LogP contribution is 2.26. The minimum Gasteiger partial charge on any atom is -0.356 e. The Labute approximate surface area is 106 Å². The van der Waals surface area contributed by atoms with Crippen LogP contribution >= 0.6 is 0 Å². The third kappa shape index (κ3) is 6.06. The topological polar surface area (TPSA) is 55.1 Å². The maximum Gasteiger partial charge on any atom is 0.220 e. The van der Waals surface area contributed by atoms with Crippen LogP contribution in [0.3, 0.4) is 0 Å². The first-order valence-electron chi connectivity index (χ1n) is 6.78. The molecule has 0 saturated heterocycles. The standard InChI is InChI=1S/C14H28N2O/c1-10(8-14(2,3)4)5-13(17)16-9-11-6-12(15)7-11/h10-12H,5-9,15H2,1-4H3,(H,16,17). The molecule has 1 aliphatic rings. The summed E-state index contributed by atoms with van der Waals surface area (Å²) in [6, 6.07) is 0.372. The normalized spacial score (nSPS) is 26.2. The van der Waals surface area contributed by atoms with Crippen LogP contribution in [0.5, 0.6) is 0 Å². The van der Waals surface area contributed by atoms with E-state index in [9.17, 15) is 4.79 Å². The van der Waals surface area contributed by atoms with Gasteiger partial charge in [-0.3, -0.25) is 4.79 Å². The summed E-state index contributed by atoms with van der Waals surface area (Å²) >= 11 is 0. The summed E-state index contributed by atoms with van der Waals surface area (Å²) in [6.07, 6.45) is 3.88. The van der Waals surface area contributed by atoms with E-state index in [1.54, 1.807) is 0 Å². The second kappa shape index (κ2) is 5.85. The zero-order chi connectivity index (χ0) is 13.1. The molecule has 0 bridgehead atoms. The SMILES string of the molecule is CC(CC(=O)NCC1CC(N)C1)CC(C)(C)C. The summed E-state index contributed by atoms with van der Waals surface area (Å²) in [5.74, 6) is 1.27. The Morgan fingerprint density at radius 1 is 1.41 bits per heavy atom. The van der Waals surface area contributed by atoms with Gasteiger partial charge in [-0.2, -0.15) is 0 Å². The fourth-order valence-corrected chi connectivity index (χ4v) is 2.72. The molecule has 0 spiro atoms. The van der Waals surface area contributed by atoms with Gasteiger partial charge in [0.1, 0.15) is 0 Å². The van der Waals surface area contributed by atoms with Gasteiger partial charge >= 0.3 is 0 Å². The van der Waals surface area contributed by atoms with E-state index in [2.05, 4.69) is 33.0 Å². The van der Waals surface area contributed by atoms with Crippen molar-refractivity contribution in [3.8, 4) is 0 Å². The van der Waals surface area contributed by atoms with Crippen LogP contribution in [0.1, 0.15) is 53.4 Å². The second-order valence-electron chi connectivity index (χ2n) is 6.98. The highest BCUT2D eigenvalue weighted by molar-refractivity contribution is 5.76. The molecule has 0 heterocycles. The monoisotopic (exact) mass is 240 g/mol. The highest BCUT2D eigenvalue weighted by Gasteiger charge is 2.26. The molecule has 3 nitrogen and oxygen atoms in total. The molecule has 0 aromatic rings. The summed E-state index contributed by atoms with van der Waals surface area (Å²) in [5, 5.41) is 3.03. The number of hydrogen-bond donors (Lipinski definition) is 2. The highest BCUT2D eigenvalue weighted by atomic mass is 16.1. The van der Waals surface area contributed by atoms with Crippen LogP contribution in [0.4, 0.5) is 0 Å². The van der Waals surface area contributed by atoms with E-state index in [4.69, 9.17) is 5.73 Å². The fourth-order valence-electron chi connectivity index (χ4n) is 2.72. The number of nitrogens with two attached hydrogens (primary N) is 1. The Morgan fingerprint density at radius 2 is 2.00 bits per heavy atom. The van der Waals surface area contributed by atoms with Crippen molar-refractivity contribution >= 4 is 5.91 Å². The third-order valence-corrected chi connectivity index (χ3v) is 3.35. The van der Waals surface area contributed by atoms with E-state index in [1.807, 2.05) is 0 Å². The van der Waals surface area contributed by atoms with Crippen LogP contribution < -0.4 is 11.1 Å². The minimum absolute atomic E-state index is 0.197. The molecular weight excluding hydrogens is 212 g/mol. The molecule has 1 aliphatic carbocycles. The second-order valence-corrected chi connectivity index (χ2v) is 6.98. The van der Waals surface area contributed by atoms with Crippen molar-refractivity contribution < 1.29 is 4.79 Å². The summed E-state index contributed by atoms with van der Waals surface area (Å²) in [7, 11) is 0. The molecule has 1 fully saturated rings. The number of carbonyl (C=O) groups is 1. The first-order valence-corrected chi connectivity index (χ1v) is 6.78. The fraction of sp³-hybridized carbons (Fsp3) is 0.929.